The molecule has 138 valence electrons. The minimum atomic E-state index is -3.84. The van der Waals surface area contributed by atoms with Gasteiger partial charge in [0.2, 0.25) is 5.91 Å². The van der Waals surface area contributed by atoms with Crippen molar-refractivity contribution >= 4 is 43.3 Å². The smallest absolute Gasteiger partial charge is 0.238 e. The third-order valence-corrected chi connectivity index (χ3v) is 5.92. The van der Waals surface area contributed by atoms with Crippen LogP contribution in [0.1, 0.15) is 5.56 Å². The summed E-state index contributed by atoms with van der Waals surface area (Å²) < 4.78 is 39.5. The van der Waals surface area contributed by atoms with Crippen molar-refractivity contribution in [3.8, 4) is 0 Å². The number of amides is 1. The van der Waals surface area contributed by atoms with Crippen LogP contribution in [0.2, 0.25) is 5.02 Å². The van der Waals surface area contributed by atoms with Crippen molar-refractivity contribution in [3.63, 3.8) is 0 Å². The van der Waals surface area contributed by atoms with Crippen molar-refractivity contribution in [1.29, 1.82) is 0 Å². The molecule has 0 saturated carbocycles. The zero-order valence-corrected chi connectivity index (χ0v) is 16.8. The first-order valence-electron chi connectivity index (χ1n) is 7.54. The van der Waals surface area contributed by atoms with E-state index in [0.717, 1.165) is 0 Å². The lowest BCUT2D eigenvalue weighted by molar-refractivity contribution is -0.128. The molecule has 26 heavy (non-hydrogen) atoms. The zero-order valence-electron chi connectivity index (χ0n) is 13.7. The fourth-order valence-corrected chi connectivity index (χ4v) is 4.02. The molecule has 0 aromatic heterocycles. The summed E-state index contributed by atoms with van der Waals surface area (Å²) in [6, 6.07) is 9.94. The molecule has 0 bridgehead atoms. The highest BCUT2D eigenvalue weighted by atomic mass is 79.9. The van der Waals surface area contributed by atoms with Crippen molar-refractivity contribution in [2.45, 2.75) is 11.4 Å². The molecule has 0 aliphatic rings. The van der Waals surface area contributed by atoms with E-state index in [1.165, 1.54) is 41.3 Å². The molecule has 0 heterocycles. The van der Waals surface area contributed by atoms with Gasteiger partial charge in [-0.25, -0.2) is 12.8 Å². The first kappa shape index (κ1) is 20.6. The molecule has 0 atom stereocenters. The summed E-state index contributed by atoms with van der Waals surface area (Å²) in [6.45, 7) is 3.60. The lowest BCUT2D eigenvalue weighted by Gasteiger charge is -2.21. The van der Waals surface area contributed by atoms with Crippen LogP contribution < -0.4 is 0 Å². The summed E-state index contributed by atoms with van der Waals surface area (Å²) in [5, 5.41) is 0.397. The molecule has 0 saturated heterocycles. The van der Waals surface area contributed by atoms with Gasteiger partial charge in [0.15, 0.2) is 9.84 Å². The molecule has 2 rings (SSSR count). The number of benzene rings is 2. The average Bonchev–Trinajstić information content (AvgIpc) is 2.57. The van der Waals surface area contributed by atoms with Crippen LogP contribution in [0, 0.1) is 5.82 Å². The molecule has 0 aliphatic carbocycles. The highest BCUT2D eigenvalue weighted by Crippen LogP contribution is 2.19. The third-order valence-electron chi connectivity index (χ3n) is 3.56. The molecule has 0 N–H and O–H groups in total. The maximum atomic E-state index is 14.0. The lowest BCUT2D eigenvalue weighted by atomic mass is 10.2. The molecule has 0 aliphatic heterocycles. The van der Waals surface area contributed by atoms with Crippen molar-refractivity contribution in [2.75, 3.05) is 12.3 Å². The summed E-state index contributed by atoms with van der Waals surface area (Å²) in [4.78, 5) is 13.8. The Kier molecular flexibility index (Phi) is 6.97. The van der Waals surface area contributed by atoms with Gasteiger partial charge in [-0.15, -0.1) is 6.58 Å². The van der Waals surface area contributed by atoms with Crippen LogP contribution in [-0.2, 0) is 21.2 Å². The van der Waals surface area contributed by atoms with Crippen molar-refractivity contribution in [2.24, 2.45) is 0 Å². The topological polar surface area (TPSA) is 54.5 Å². The second kappa shape index (κ2) is 8.79. The van der Waals surface area contributed by atoms with Gasteiger partial charge >= 0.3 is 0 Å². The Morgan fingerprint density at radius 3 is 2.50 bits per heavy atom. The summed E-state index contributed by atoms with van der Waals surface area (Å²) in [5.74, 6) is -1.84. The van der Waals surface area contributed by atoms with Crippen LogP contribution >= 0.6 is 27.5 Å². The molecule has 0 fully saturated rings. The number of hydrogen-bond acceptors (Lipinski definition) is 3. The van der Waals surface area contributed by atoms with Crippen LogP contribution in [0.15, 0.2) is 64.5 Å². The first-order chi connectivity index (χ1) is 12.2. The predicted molar refractivity (Wildman–Crippen MR) is 103 cm³/mol. The molecule has 8 heteroatoms. The van der Waals surface area contributed by atoms with E-state index < -0.39 is 27.3 Å². The average molecular weight is 461 g/mol. The third kappa shape index (κ3) is 5.40. The Morgan fingerprint density at radius 2 is 1.88 bits per heavy atom. The van der Waals surface area contributed by atoms with Gasteiger partial charge in [0.25, 0.3) is 0 Å². The van der Waals surface area contributed by atoms with Gasteiger partial charge in [0.1, 0.15) is 11.6 Å². The molecule has 0 radical (unpaired) electrons. The molecule has 2 aromatic rings. The molecule has 0 spiro atoms. The first-order valence-corrected chi connectivity index (χ1v) is 10.4. The van der Waals surface area contributed by atoms with E-state index in [-0.39, 0.29) is 23.5 Å². The SMILES string of the molecule is C=CCN(Cc1cc(Br)ccc1F)C(=O)CS(=O)(=O)c1ccc(Cl)cc1. The highest BCUT2D eigenvalue weighted by molar-refractivity contribution is 9.10. The summed E-state index contributed by atoms with van der Waals surface area (Å²) in [5.41, 5.74) is 0.276. The predicted octanol–water partition coefficient (Wildman–Crippen LogP) is 4.23. The fourth-order valence-electron chi connectivity index (χ4n) is 2.26. The van der Waals surface area contributed by atoms with E-state index in [1.54, 1.807) is 12.1 Å². The monoisotopic (exact) mass is 459 g/mol. The zero-order chi connectivity index (χ0) is 19.3. The van der Waals surface area contributed by atoms with Gasteiger partial charge in [0.05, 0.1) is 4.90 Å². The number of carbonyl (C=O) groups is 1. The maximum Gasteiger partial charge on any atom is 0.238 e. The van der Waals surface area contributed by atoms with Gasteiger partial charge in [-0.05, 0) is 42.5 Å². The summed E-state index contributed by atoms with van der Waals surface area (Å²) in [6.07, 6.45) is 1.46. The summed E-state index contributed by atoms with van der Waals surface area (Å²) >= 11 is 9.01. The Labute approximate surface area is 165 Å². The molecular formula is C18H16BrClFNO3S. The molecule has 2 aromatic carbocycles. The number of hydrogen-bond donors (Lipinski definition) is 0. The van der Waals surface area contributed by atoms with Crippen LogP contribution in [0.3, 0.4) is 0 Å². The lowest BCUT2D eigenvalue weighted by Crippen LogP contribution is -2.35. The van der Waals surface area contributed by atoms with Crippen molar-refractivity contribution in [3.05, 3.63) is 76.0 Å². The van der Waals surface area contributed by atoms with Crippen LogP contribution in [-0.4, -0.2) is 31.5 Å². The minimum absolute atomic E-state index is 0.00226. The van der Waals surface area contributed by atoms with Crippen LogP contribution in [0.25, 0.3) is 0 Å². The number of sulfone groups is 1. The van der Waals surface area contributed by atoms with Crippen molar-refractivity contribution < 1.29 is 17.6 Å². The van der Waals surface area contributed by atoms with E-state index in [4.69, 9.17) is 11.6 Å². The highest BCUT2D eigenvalue weighted by Gasteiger charge is 2.24. The van der Waals surface area contributed by atoms with E-state index in [9.17, 15) is 17.6 Å². The summed E-state index contributed by atoms with van der Waals surface area (Å²) in [7, 11) is -3.84. The largest absolute Gasteiger partial charge is 0.334 e. The van der Waals surface area contributed by atoms with E-state index in [0.29, 0.717) is 9.50 Å². The van der Waals surface area contributed by atoms with Crippen LogP contribution in [0.4, 0.5) is 4.39 Å². The van der Waals surface area contributed by atoms with Crippen molar-refractivity contribution in [1.82, 2.24) is 4.90 Å². The standard InChI is InChI=1S/C18H16BrClFNO3S/c1-2-9-22(11-13-10-14(19)3-8-17(13)21)18(23)12-26(24,25)16-6-4-15(20)5-7-16/h2-8,10H,1,9,11-12H2. The quantitative estimate of drug-likeness (QED) is 0.581. The second-order valence-corrected chi connectivity index (χ2v) is 8.85. The van der Waals surface area contributed by atoms with Gasteiger partial charge in [-0.1, -0.05) is 33.6 Å². The van der Waals surface area contributed by atoms with E-state index >= 15 is 0 Å². The van der Waals surface area contributed by atoms with Crippen LogP contribution in [0.5, 0.6) is 0 Å². The maximum absolute atomic E-state index is 14.0. The van der Waals surface area contributed by atoms with Gasteiger partial charge in [0, 0.05) is 28.1 Å². The fraction of sp³-hybridized carbons (Fsp3) is 0.167. The number of halogens is 3. The molecular weight excluding hydrogens is 445 g/mol. The normalized spacial score (nSPS) is 11.2. The Morgan fingerprint density at radius 1 is 1.23 bits per heavy atom. The van der Waals surface area contributed by atoms with Gasteiger partial charge < -0.3 is 4.90 Å². The Hall–Kier alpha value is -1.70. The number of nitrogens with zero attached hydrogens (tertiary/aromatic N) is 1. The number of rotatable bonds is 7. The van der Waals surface area contributed by atoms with Gasteiger partial charge in [-0.2, -0.15) is 0 Å². The Bertz CT molecular complexity index is 917. The number of carbonyl (C=O) groups excluding carboxylic acids is 1. The molecule has 4 nitrogen and oxygen atoms in total. The van der Waals surface area contributed by atoms with Gasteiger partial charge in [-0.3, -0.25) is 4.79 Å². The Balaban J connectivity index is 2.21. The second-order valence-electron chi connectivity index (χ2n) is 5.51. The van der Waals surface area contributed by atoms with E-state index in [1.807, 2.05) is 0 Å². The minimum Gasteiger partial charge on any atom is -0.334 e. The van der Waals surface area contributed by atoms with E-state index in [2.05, 4.69) is 22.5 Å². The molecule has 0 unspecified atom stereocenters. The molecule has 1 amide bonds.